The minimum absolute atomic E-state index is 0.632. The lowest BCUT2D eigenvalue weighted by atomic mass is 9.96. The lowest BCUT2D eigenvalue weighted by molar-refractivity contribution is 0.419. The summed E-state index contributed by atoms with van der Waals surface area (Å²) in [6.45, 7) is 0. The molecule has 0 amide bonds. The average molecular weight is 246 g/mol. The highest BCUT2D eigenvalue weighted by atomic mass is 16.5. The van der Waals surface area contributed by atoms with Gasteiger partial charge in [-0.2, -0.15) is 4.98 Å². The van der Waals surface area contributed by atoms with Crippen molar-refractivity contribution in [1.82, 2.24) is 10.1 Å². The number of hydrogen-bond donors (Lipinski definition) is 0. The van der Waals surface area contributed by atoms with Crippen molar-refractivity contribution in [2.24, 2.45) is 0 Å². The Bertz CT molecular complexity index is 812. The smallest absolute Gasteiger partial charge is 0.214 e. The molecule has 0 spiro atoms. The molecule has 3 nitrogen and oxygen atoms in total. The molecule has 0 saturated carbocycles. The topological polar surface area (TPSA) is 38.9 Å². The number of hydrogen-bond acceptors (Lipinski definition) is 3. The van der Waals surface area contributed by atoms with Crippen molar-refractivity contribution in [3.05, 3.63) is 61.0 Å². The fraction of sp³-hybridized carbons (Fsp3) is 0. The molecule has 4 aromatic rings. The average Bonchev–Trinajstić information content (AvgIpc) is 2.98. The summed E-state index contributed by atoms with van der Waals surface area (Å²) in [5, 5.41) is 8.65. The van der Waals surface area contributed by atoms with Crippen molar-refractivity contribution in [1.29, 1.82) is 0 Å². The first-order valence-corrected chi connectivity index (χ1v) is 6.11. The number of fused-ring (bicyclic) bond motifs is 2. The number of rotatable bonds is 1. The van der Waals surface area contributed by atoms with Crippen LogP contribution < -0.4 is 0 Å². The van der Waals surface area contributed by atoms with Gasteiger partial charge in [-0.3, -0.25) is 0 Å². The van der Waals surface area contributed by atoms with Crippen LogP contribution in [-0.2, 0) is 0 Å². The molecule has 1 aromatic heterocycles. The van der Waals surface area contributed by atoms with Crippen LogP contribution in [0, 0.1) is 0 Å². The first kappa shape index (κ1) is 10.3. The minimum atomic E-state index is 0.632. The van der Waals surface area contributed by atoms with E-state index in [0.29, 0.717) is 5.82 Å². The number of aromatic nitrogens is 2. The molecule has 3 aromatic carbocycles. The van der Waals surface area contributed by atoms with E-state index in [2.05, 4.69) is 40.5 Å². The Balaban J connectivity index is 2.27. The van der Waals surface area contributed by atoms with Crippen LogP contribution in [0.2, 0.25) is 0 Å². The van der Waals surface area contributed by atoms with Crippen LogP contribution in [0.1, 0.15) is 0 Å². The monoisotopic (exact) mass is 246 g/mol. The molecule has 90 valence electrons. The van der Waals surface area contributed by atoms with E-state index >= 15 is 0 Å². The standard InChI is InChI=1S/C16H10N2O/c1-3-7-13-11(5-1)9-12-6-2-4-8-14(12)15(13)16-17-10-19-18-16/h1-10H. The van der Waals surface area contributed by atoms with Crippen molar-refractivity contribution < 1.29 is 4.52 Å². The maximum absolute atomic E-state index is 4.91. The molecule has 0 unspecified atom stereocenters. The third-order valence-corrected chi connectivity index (χ3v) is 3.36. The molecule has 0 aliphatic heterocycles. The van der Waals surface area contributed by atoms with E-state index < -0.39 is 0 Å². The molecule has 0 aliphatic rings. The Kier molecular flexibility index (Phi) is 2.12. The Morgan fingerprint density at radius 2 is 1.42 bits per heavy atom. The summed E-state index contributed by atoms with van der Waals surface area (Å²) in [5.41, 5.74) is 1.03. The Morgan fingerprint density at radius 3 is 2.00 bits per heavy atom. The quantitative estimate of drug-likeness (QED) is 0.476. The van der Waals surface area contributed by atoms with E-state index in [0.717, 1.165) is 16.3 Å². The number of nitrogens with zero attached hydrogens (tertiary/aromatic N) is 2. The molecule has 19 heavy (non-hydrogen) atoms. The summed E-state index contributed by atoms with van der Waals surface area (Å²) < 4.78 is 4.91. The molecular formula is C16H10N2O. The van der Waals surface area contributed by atoms with Gasteiger partial charge in [-0.1, -0.05) is 53.7 Å². The molecule has 0 saturated heterocycles. The first-order chi connectivity index (χ1) is 9.43. The van der Waals surface area contributed by atoms with Gasteiger partial charge in [-0.15, -0.1) is 0 Å². The van der Waals surface area contributed by atoms with E-state index in [1.54, 1.807) is 0 Å². The fourth-order valence-corrected chi connectivity index (χ4v) is 2.54. The van der Waals surface area contributed by atoms with E-state index in [9.17, 15) is 0 Å². The Morgan fingerprint density at radius 1 is 0.789 bits per heavy atom. The lowest BCUT2D eigenvalue weighted by Crippen LogP contribution is -1.86. The molecule has 4 rings (SSSR count). The summed E-state index contributed by atoms with van der Waals surface area (Å²) in [6.07, 6.45) is 1.37. The highest BCUT2D eigenvalue weighted by Crippen LogP contribution is 2.34. The zero-order chi connectivity index (χ0) is 12.7. The van der Waals surface area contributed by atoms with Gasteiger partial charge in [0.2, 0.25) is 12.2 Å². The van der Waals surface area contributed by atoms with Gasteiger partial charge in [0.15, 0.2) is 0 Å². The predicted molar refractivity (Wildman–Crippen MR) is 74.7 cm³/mol. The van der Waals surface area contributed by atoms with Crippen LogP contribution in [0.5, 0.6) is 0 Å². The SMILES string of the molecule is c1ccc2c(-c3ncon3)c3ccccc3cc2c1. The van der Waals surface area contributed by atoms with Crippen molar-refractivity contribution >= 4 is 21.5 Å². The van der Waals surface area contributed by atoms with Gasteiger partial charge >= 0.3 is 0 Å². The van der Waals surface area contributed by atoms with Crippen LogP contribution in [0.4, 0.5) is 0 Å². The summed E-state index contributed by atoms with van der Waals surface area (Å²) in [7, 11) is 0. The molecule has 3 heteroatoms. The lowest BCUT2D eigenvalue weighted by Gasteiger charge is -2.08. The fourth-order valence-electron chi connectivity index (χ4n) is 2.54. The van der Waals surface area contributed by atoms with Gasteiger partial charge in [0.25, 0.3) is 0 Å². The molecule has 0 bridgehead atoms. The second kappa shape index (κ2) is 3.92. The van der Waals surface area contributed by atoms with E-state index in [4.69, 9.17) is 4.52 Å². The van der Waals surface area contributed by atoms with E-state index in [1.165, 1.54) is 17.2 Å². The van der Waals surface area contributed by atoms with Crippen molar-refractivity contribution in [2.75, 3.05) is 0 Å². The molecule has 0 fully saturated rings. The second-order valence-corrected chi connectivity index (χ2v) is 4.45. The predicted octanol–water partition coefficient (Wildman–Crippen LogP) is 4.04. The molecule has 0 atom stereocenters. The van der Waals surface area contributed by atoms with Crippen LogP contribution in [0.25, 0.3) is 32.9 Å². The van der Waals surface area contributed by atoms with Crippen LogP contribution in [0.3, 0.4) is 0 Å². The summed E-state index contributed by atoms with van der Waals surface area (Å²) >= 11 is 0. The maximum Gasteiger partial charge on any atom is 0.214 e. The van der Waals surface area contributed by atoms with Gasteiger partial charge in [0.1, 0.15) is 0 Å². The van der Waals surface area contributed by atoms with Gasteiger partial charge in [0.05, 0.1) is 0 Å². The largest absolute Gasteiger partial charge is 0.342 e. The van der Waals surface area contributed by atoms with Gasteiger partial charge in [-0.05, 0) is 27.6 Å². The summed E-state index contributed by atoms with van der Waals surface area (Å²) in [6, 6.07) is 18.7. The molecular weight excluding hydrogens is 236 g/mol. The maximum atomic E-state index is 4.91. The zero-order valence-electron chi connectivity index (χ0n) is 10.1. The molecule has 0 aliphatic carbocycles. The third-order valence-electron chi connectivity index (χ3n) is 3.36. The molecule has 0 N–H and O–H groups in total. The van der Waals surface area contributed by atoms with E-state index in [-0.39, 0.29) is 0 Å². The van der Waals surface area contributed by atoms with Gasteiger partial charge in [0, 0.05) is 5.56 Å². The van der Waals surface area contributed by atoms with Crippen LogP contribution in [0.15, 0.2) is 65.5 Å². The third kappa shape index (κ3) is 1.52. The van der Waals surface area contributed by atoms with Gasteiger partial charge < -0.3 is 4.52 Å². The van der Waals surface area contributed by atoms with Crippen molar-refractivity contribution in [3.8, 4) is 11.4 Å². The highest BCUT2D eigenvalue weighted by Gasteiger charge is 2.12. The van der Waals surface area contributed by atoms with Gasteiger partial charge in [-0.25, -0.2) is 0 Å². The summed E-state index contributed by atoms with van der Waals surface area (Å²) in [5.74, 6) is 0.632. The summed E-state index contributed by atoms with van der Waals surface area (Å²) in [4.78, 5) is 4.21. The molecule has 1 heterocycles. The molecule has 0 radical (unpaired) electrons. The first-order valence-electron chi connectivity index (χ1n) is 6.11. The Hall–Kier alpha value is -2.68. The van der Waals surface area contributed by atoms with E-state index in [1.807, 2.05) is 24.3 Å². The van der Waals surface area contributed by atoms with Crippen molar-refractivity contribution in [2.45, 2.75) is 0 Å². The normalized spacial score (nSPS) is 11.2. The second-order valence-electron chi connectivity index (χ2n) is 4.45. The highest BCUT2D eigenvalue weighted by molar-refractivity contribution is 6.11. The Labute approximate surface area is 109 Å². The zero-order valence-corrected chi connectivity index (χ0v) is 10.1. The van der Waals surface area contributed by atoms with Crippen molar-refractivity contribution in [3.63, 3.8) is 0 Å². The van der Waals surface area contributed by atoms with Crippen LogP contribution >= 0.6 is 0 Å². The van der Waals surface area contributed by atoms with Crippen LogP contribution in [-0.4, -0.2) is 10.1 Å². The number of benzene rings is 3. The minimum Gasteiger partial charge on any atom is -0.342 e.